The second-order valence-corrected chi connectivity index (χ2v) is 6.49. The van der Waals surface area contributed by atoms with Crippen molar-refractivity contribution in [3.05, 3.63) is 47.3 Å². The molecule has 0 aliphatic carbocycles. The lowest BCUT2D eigenvalue weighted by atomic mass is 10.1. The molecule has 0 radical (unpaired) electrons. The van der Waals surface area contributed by atoms with Crippen LogP contribution in [0.15, 0.2) is 40.5 Å². The van der Waals surface area contributed by atoms with Crippen LogP contribution in [0.5, 0.6) is 5.75 Å². The number of anilines is 1. The number of aromatic hydroxyl groups is 1. The maximum Gasteiger partial charge on any atom is 0.288 e. The van der Waals surface area contributed by atoms with Crippen LogP contribution in [0.3, 0.4) is 0 Å². The Bertz CT molecular complexity index is 802. The zero-order valence-corrected chi connectivity index (χ0v) is 15.2. The number of halogens is 2. The minimum Gasteiger partial charge on any atom is -0.505 e. The number of pyridine rings is 1. The van der Waals surface area contributed by atoms with Crippen molar-refractivity contribution >= 4 is 41.0 Å². The van der Waals surface area contributed by atoms with Gasteiger partial charge in [-0.05, 0) is 43.4 Å². The first-order valence-corrected chi connectivity index (χ1v) is 8.62. The molecule has 1 aromatic carbocycles. The number of thiocarbonyl (C=S) groups is 1. The molecule has 0 saturated carbocycles. The van der Waals surface area contributed by atoms with E-state index in [1.807, 2.05) is 0 Å². The SMILES string of the molecule is Cc1ncc(CO)c(/C=N/NC(=S)Nc2ccc(SC(F)F)cc2)c1O. The number of hydrogen-bond donors (Lipinski definition) is 4. The van der Waals surface area contributed by atoms with Crippen LogP contribution in [0, 0.1) is 6.92 Å². The van der Waals surface area contributed by atoms with Crippen molar-refractivity contribution in [2.24, 2.45) is 5.10 Å². The number of benzene rings is 1. The summed E-state index contributed by atoms with van der Waals surface area (Å²) in [5.74, 6) is -2.55. The molecule has 4 N–H and O–H groups in total. The summed E-state index contributed by atoms with van der Waals surface area (Å²) < 4.78 is 24.6. The van der Waals surface area contributed by atoms with Gasteiger partial charge in [-0.25, -0.2) is 0 Å². The first kappa shape index (κ1) is 20.0. The summed E-state index contributed by atoms with van der Waals surface area (Å²) in [4.78, 5) is 4.40. The number of nitrogens with zero attached hydrogens (tertiary/aromatic N) is 2. The largest absolute Gasteiger partial charge is 0.505 e. The van der Waals surface area contributed by atoms with Crippen molar-refractivity contribution in [2.45, 2.75) is 24.2 Å². The Kier molecular flexibility index (Phi) is 7.25. The predicted octanol–water partition coefficient (Wildman–Crippen LogP) is 3.22. The molecular formula is C16H16F2N4O2S2. The van der Waals surface area contributed by atoms with Crippen LogP contribution in [-0.4, -0.2) is 32.3 Å². The quantitative estimate of drug-likeness (QED) is 0.257. The Hall–Kier alpha value is -2.30. The van der Waals surface area contributed by atoms with Crippen molar-refractivity contribution in [1.82, 2.24) is 10.4 Å². The number of aryl methyl sites for hydroxylation is 1. The van der Waals surface area contributed by atoms with Crippen LogP contribution in [-0.2, 0) is 6.61 Å². The van der Waals surface area contributed by atoms with Gasteiger partial charge in [0.15, 0.2) is 5.11 Å². The van der Waals surface area contributed by atoms with E-state index in [2.05, 4.69) is 20.8 Å². The third-order valence-corrected chi connectivity index (χ3v) is 4.14. The third-order valence-electron chi connectivity index (χ3n) is 3.23. The summed E-state index contributed by atoms with van der Waals surface area (Å²) in [6, 6.07) is 6.33. The van der Waals surface area contributed by atoms with Gasteiger partial charge in [-0.15, -0.1) is 0 Å². The first-order chi connectivity index (χ1) is 12.4. The molecule has 0 atom stereocenters. The average Bonchev–Trinajstić information content (AvgIpc) is 2.60. The van der Waals surface area contributed by atoms with Crippen LogP contribution in [0.4, 0.5) is 14.5 Å². The van der Waals surface area contributed by atoms with Crippen molar-refractivity contribution in [3.63, 3.8) is 0 Å². The fourth-order valence-electron chi connectivity index (χ4n) is 1.96. The van der Waals surface area contributed by atoms with Crippen LogP contribution >= 0.6 is 24.0 Å². The molecule has 138 valence electrons. The van der Waals surface area contributed by atoms with E-state index in [9.17, 15) is 19.0 Å². The summed E-state index contributed by atoms with van der Waals surface area (Å²) >= 11 is 5.55. The van der Waals surface area contributed by atoms with Gasteiger partial charge in [-0.3, -0.25) is 10.4 Å². The number of aliphatic hydroxyl groups is 1. The molecule has 1 aromatic heterocycles. The highest BCUT2D eigenvalue weighted by Gasteiger charge is 2.09. The van der Waals surface area contributed by atoms with Crippen molar-refractivity contribution in [3.8, 4) is 5.75 Å². The van der Waals surface area contributed by atoms with E-state index in [1.54, 1.807) is 31.2 Å². The molecule has 2 aromatic rings. The number of aromatic nitrogens is 1. The average molecular weight is 398 g/mol. The number of rotatable bonds is 6. The number of thioether (sulfide) groups is 1. The van der Waals surface area contributed by atoms with Crippen LogP contribution in [0.1, 0.15) is 16.8 Å². The molecule has 0 bridgehead atoms. The molecule has 0 amide bonds. The zero-order valence-electron chi connectivity index (χ0n) is 13.6. The number of alkyl halides is 2. The number of hydrazone groups is 1. The van der Waals surface area contributed by atoms with E-state index in [4.69, 9.17) is 12.2 Å². The fourth-order valence-corrected chi connectivity index (χ4v) is 2.63. The van der Waals surface area contributed by atoms with Gasteiger partial charge in [-0.2, -0.15) is 13.9 Å². The van der Waals surface area contributed by atoms with Gasteiger partial charge in [0.1, 0.15) is 5.75 Å². The summed E-state index contributed by atoms with van der Waals surface area (Å²) in [5.41, 5.74) is 4.35. The normalized spacial score (nSPS) is 11.1. The van der Waals surface area contributed by atoms with E-state index in [1.165, 1.54) is 12.4 Å². The van der Waals surface area contributed by atoms with Crippen molar-refractivity contribution in [1.29, 1.82) is 0 Å². The maximum atomic E-state index is 12.3. The van der Waals surface area contributed by atoms with Gasteiger partial charge in [0.25, 0.3) is 5.76 Å². The Morgan fingerprint density at radius 3 is 2.69 bits per heavy atom. The van der Waals surface area contributed by atoms with Gasteiger partial charge in [0.2, 0.25) is 0 Å². The molecular weight excluding hydrogens is 382 g/mol. The molecule has 26 heavy (non-hydrogen) atoms. The standard InChI is InChI=1S/C16H16F2N4O2S2/c1-9-14(24)13(10(8-23)6-19-9)7-20-22-16(25)21-11-2-4-12(5-3-11)26-15(17)18/h2-7,15,23-24H,8H2,1H3,(H2,21,22,25)/b20-7+. The summed E-state index contributed by atoms with van der Waals surface area (Å²) in [5, 5.41) is 26.2. The first-order valence-electron chi connectivity index (χ1n) is 7.34. The van der Waals surface area contributed by atoms with E-state index in [0.717, 1.165) is 0 Å². The highest BCUT2D eigenvalue weighted by molar-refractivity contribution is 7.99. The topological polar surface area (TPSA) is 89.8 Å². The summed E-state index contributed by atoms with van der Waals surface area (Å²) in [6.07, 6.45) is 2.78. The molecule has 0 aliphatic rings. The van der Waals surface area contributed by atoms with Gasteiger partial charge in [0.05, 0.1) is 18.5 Å². The highest BCUT2D eigenvalue weighted by Crippen LogP contribution is 2.26. The van der Waals surface area contributed by atoms with E-state index >= 15 is 0 Å². The fraction of sp³-hybridized carbons (Fsp3) is 0.188. The Morgan fingerprint density at radius 1 is 1.38 bits per heavy atom. The Balaban J connectivity index is 1.97. The second kappa shape index (κ2) is 9.41. The summed E-state index contributed by atoms with van der Waals surface area (Å²) in [6.45, 7) is 1.33. The van der Waals surface area contributed by atoms with Gasteiger partial charge >= 0.3 is 0 Å². The molecule has 0 aliphatic heterocycles. The lowest BCUT2D eigenvalue weighted by molar-refractivity contribution is 0.252. The van der Waals surface area contributed by atoms with Crippen molar-refractivity contribution < 1.29 is 19.0 Å². The molecule has 0 unspecified atom stereocenters. The Labute approximate surface area is 158 Å². The van der Waals surface area contributed by atoms with E-state index in [-0.39, 0.29) is 17.5 Å². The molecule has 6 nitrogen and oxygen atoms in total. The lowest BCUT2D eigenvalue weighted by Gasteiger charge is -2.09. The predicted molar refractivity (Wildman–Crippen MR) is 102 cm³/mol. The van der Waals surface area contributed by atoms with E-state index in [0.29, 0.717) is 39.2 Å². The minimum atomic E-state index is -2.47. The smallest absolute Gasteiger partial charge is 0.288 e. The Morgan fingerprint density at radius 2 is 2.08 bits per heavy atom. The maximum absolute atomic E-state index is 12.3. The number of hydrogen-bond acceptors (Lipinski definition) is 6. The highest BCUT2D eigenvalue weighted by atomic mass is 32.2. The number of aliphatic hydroxyl groups excluding tert-OH is 1. The van der Waals surface area contributed by atoms with Crippen LogP contribution < -0.4 is 10.7 Å². The summed E-state index contributed by atoms with van der Waals surface area (Å²) in [7, 11) is 0. The lowest BCUT2D eigenvalue weighted by Crippen LogP contribution is -2.23. The molecule has 1 heterocycles. The monoisotopic (exact) mass is 398 g/mol. The van der Waals surface area contributed by atoms with Gasteiger partial charge < -0.3 is 15.5 Å². The molecule has 10 heteroatoms. The van der Waals surface area contributed by atoms with E-state index < -0.39 is 5.76 Å². The van der Waals surface area contributed by atoms with Crippen molar-refractivity contribution in [2.75, 3.05) is 5.32 Å². The zero-order chi connectivity index (χ0) is 19.1. The second-order valence-electron chi connectivity index (χ2n) is 5.02. The molecule has 0 fully saturated rings. The van der Waals surface area contributed by atoms with Crippen LogP contribution in [0.2, 0.25) is 0 Å². The third kappa shape index (κ3) is 5.61. The van der Waals surface area contributed by atoms with Crippen LogP contribution in [0.25, 0.3) is 0 Å². The molecule has 0 spiro atoms. The number of nitrogens with one attached hydrogen (secondary N) is 2. The minimum absolute atomic E-state index is 0.0758. The van der Waals surface area contributed by atoms with Gasteiger partial charge in [0, 0.05) is 27.9 Å². The van der Waals surface area contributed by atoms with Gasteiger partial charge in [-0.1, -0.05) is 11.8 Å². The molecule has 2 rings (SSSR count). The molecule has 0 saturated heterocycles.